The van der Waals surface area contributed by atoms with Gasteiger partial charge in [0.15, 0.2) is 0 Å². The Morgan fingerprint density at radius 3 is 2.72 bits per heavy atom. The number of nitrogens with zero attached hydrogens (tertiary/aromatic N) is 1. The Kier molecular flexibility index (Phi) is 5.65. The van der Waals surface area contributed by atoms with Crippen LogP contribution in [0.1, 0.15) is 32.3 Å². The highest BCUT2D eigenvalue weighted by Crippen LogP contribution is 2.13. The maximum atomic E-state index is 11.1. The Balaban J connectivity index is 2.74. The van der Waals surface area contributed by atoms with Crippen molar-refractivity contribution in [3.8, 4) is 0 Å². The number of hydrogen-bond donors (Lipinski definition) is 2. The van der Waals surface area contributed by atoms with E-state index in [-0.39, 0.29) is 12.5 Å². The number of benzene rings is 1. The van der Waals surface area contributed by atoms with Crippen LogP contribution in [0.3, 0.4) is 0 Å². The minimum Gasteiger partial charge on any atom is -0.399 e. The third kappa shape index (κ3) is 4.75. The van der Waals surface area contributed by atoms with E-state index in [0.717, 1.165) is 24.1 Å². The molecule has 1 aromatic carbocycles. The largest absolute Gasteiger partial charge is 0.399 e. The van der Waals surface area contributed by atoms with Crippen LogP contribution in [0.15, 0.2) is 24.3 Å². The van der Waals surface area contributed by atoms with Gasteiger partial charge in [-0.2, -0.15) is 0 Å². The van der Waals surface area contributed by atoms with Crippen LogP contribution in [0.4, 0.5) is 5.69 Å². The highest BCUT2D eigenvalue weighted by atomic mass is 16.1. The zero-order valence-corrected chi connectivity index (χ0v) is 11.2. The van der Waals surface area contributed by atoms with E-state index < -0.39 is 0 Å². The predicted octanol–water partition coefficient (Wildman–Crippen LogP) is 1.74. The third-order valence-electron chi connectivity index (χ3n) is 3.03. The summed E-state index contributed by atoms with van der Waals surface area (Å²) in [6.45, 7) is 5.25. The molecule has 0 aliphatic carbocycles. The van der Waals surface area contributed by atoms with E-state index in [2.05, 4.69) is 18.7 Å². The Morgan fingerprint density at radius 1 is 1.44 bits per heavy atom. The van der Waals surface area contributed by atoms with E-state index in [4.69, 9.17) is 11.5 Å². The molecule has 100 valence electrons. The standard InChI is InChI=1S/C14H23N3O/c1-3-5-11(2)17(10-14(16)18)9-12-6-4-7-13(15)8-12/h4,6-8,11H,3,5,9-10,15H2,1-2H3,(H2,16,18). The SMILES string of the molecule is CCCC(C)N(CC(N)=O)Cc1cccc(N)c1. The van der Waals surface area contributed by atoms with Crippen molar-refractivity contribution in [2.75, 3.05) is 12.3 Å². The second-order valence-corrected chi connectivity index (χ2v) is 4.75. The monoisotopic (exact) mass is 249 g/mol. The molecule has 0 heterocycles. The molecule has 18 heavy (non-hydrogen) atoms. The Labute approximate surface area is 109 Å². The lowest BCUT2D eigenvalue weighted by molar-refractivity contribution is -0.119. The lowest BCUT2D eigenvalue weighted by Gasteiger charge is -2.27. The third-order valence-corrected chi connectivity index (χ3v) is 3.03. The quantitative estimate of drug-likeness (QED) is 0.723. The molecule has 0 bridgehead atoms. The number of hydrogen-bond acceptors (Lipinski definition) is 3. The van der Waals surface area contributed by atoms with Crippen LogP contribution in [0.25, 0.3) is 0 Å². The lowest BCUT2D eigenvalue weighted by atomic mass is 10.1. The van der Waals surface area contributed by atoms with Crippen LogP contribution in [0.5, 0.6) is 0 Å². The first kappa shape index (κ1) is 14.5. The van der Waals surface area contributed by atoms with Crippen LogP contribution in [-0.2, 0) is 11.3 Å². The summed E-state index contributed by atoms with van der Waals surface area (Å²) in [5, 5.41) is 0. The fraction of sp³-hybridized carbons (Fsp3) is 0.500. The van der Waals surface area contributed by atoms with Gasteiger partial charge in [0.25, 0.3) is 0 Å². The number of nitrogen functional groups attached to an aromatic ring is 1. The van der Waals surface area contributed by atoms with E-state index in [9.17, 15) is 4.79 Å². The average Bonchev–Trinajstić information content (AvgIpc) is 2.28. The van der Waals surface area contributed by atoms with Gasteiger partial charge in [0.2, 0.25) is 5.91 Å². The van der Waals surface area contributed by atoms with Gasteiger partial charge >= 0.3 is 0 Å². The van der Waals surface area contributed by atoms with Gasteiger partial charge in [0.1, 0.15) is 0 Å². The molecule has 0 saturated carbocycles. The van der Waals surface area contributed by atoms with Crippen LogP contribution in [-0.4, -0.2) is 23.4 Å². The summed E-state index contributed by atoms with van der Waals surface area (Å²) >= 11 is 0. The number of primary amides is 1. The molecule has 0 aromatic heterocycles. The number of carbonyl (C=O) groups is 1. The smallest absolute Gasteiger partial charge is 0.231 e. The van der Waals surface area contributed by atoms with Gasteiger partial charge in [-0.1, -0.05) is 25.5 Å². The van der Waals surface area contributed by atoms with Crippen molar-refractivity contribution in [3.05, 3.63) is 29.8 Å². The summed E-state index contributed by atoms with van der Waals surface area (Å²) in [7, 11) is 0. The summed E-state index contributed by atoms with van der Waals surface area (Å²) in [5.74, 6) is -0.290. The minimum atomic E-state index is -0.290. The first-order valence-electron chi connectivity index (χ1n) is 6.39. The molecule has 1 unspecified atom stereocenters. The maximum absolute atomic E-state index is 11.1. The fourth-order valence-electron chi connectivity index (χ4n) is 2.09. The van der Waals surface area contributed by atoms with Crippen LogP contribution in [0, 0.1) is 0 Å². The second-order valence-electron chi connectivity index (χ2n) is 4.75. The topological polar surface area (TPSA) is 72.3 Å². The van der Waals surface area contributed by atoms with E-state index in [1.54, 1.807) is 0 Å². The lowest BCUT2D eigenvalue weighted by Crippen LogP contribution is -2.39. The van der Waals surface area contributed by atoms with Crippen LogP contribution < -0.4 is 11.5 Å². The second kappa shape index (κ2) is 7.01. The minimum absolute atomic E-state index is 0.288. The van der Waals surface area contributed by atoms with Gasteiger partial charge in [0.05, 0.1) is 6.54 Å². The molecule has 1 amide bonds. The Hall–Kier alpha value is -1.55. The average molecular weight is 249 g/mol. The number of rotatable bonds is 7. The van der Waals surface area contributed by atoms with Crippen molar-refractivity contribution in [2.45, 2.75) is 39.3 Å². The molecule has 4 heteroatoms. The van der Waals surface area contributed by atoms with Crippen molar-refractivity contribution >= 4 is 11.6 Å². The molecule has 1 rings (SSSR count). The molecule has 0 spiro atoms. The molecule has 4 N–H and O–H groups in total. The molecule has 1 aromatic rings. The van der Waals surface area contributed by atoms with Gasteiger partial charge in [-0.15, -0.1) is 0 Å². The van der Waals surface area contributed by atoms with Gasteiger partial charge in [0, 0.05) is 18.3 Å². The number of anilines is 1. The predicted molar refractivity (Wildman–Crippen MR) is 74.8 cm³/mol. The summed E-state index contributed by atoms with van der Waals surface area (Å²) in [6.07, 6.45) is 2.14. The van der Waals surface area contributed by atoms with E-state index in [1.807, 2.05) is 24.3 Å². The van der Waals surface area contributed by atoms with Gasteiger partial charge in [-0.05, 0) is 31.0 Å². The molecule has 0 aliphatic rings. The van der Waals surface area contributed by atoms with Crippen molar-refractivity contribution in [2.24, 2.45) is 5.73 Å². The highest BCUT2D eigenvalue weighted by molar-refractivity contribution is 5.75. The Bertz CT molecular complexity index is 392. The molecule has 0 radical (unpaired) electrons. The number of nitrogens with two attached hydrogens (primary N) is 2. The molecule has 0 fully saturated rings. The Morgan fingerprint density at radius 2 is 2.17 bits per heavy atom. The summed E-state index contributed by atoms with van der Waals surface area (Å²) in [5.41, 5.74) is 12.9. The molecular formula is C14H23N3O. The molecule has 0 saturated heterocycles. The molecular weight excluding hydrogens is 226 g/mol. The van der Waals surface area contributed by atoms with Crippen molar-refractivity contribution < 1.29 is 4.79 Å². The van der Waals surface area contributed by atoms with Crippen LogP contribution in [0.2, 0.25) is 0 Å². The maximum Gasteiger partial charge on any atom is 0.231 e. The summed E-state index contributed by atoms with van der Waals surface area (Å²) < 4.78 is 0. The number of carbonyl (C=O) groups excluding carboxylic acids is 1. The zero-order chi connectivity index (χ0) is 13.5. The highest BCUT2D eigenvalue weighted by Gasteiger charge is 2.15. The van der Waals surface area contributed by atoms with Gasteiger partial charge in [-0.25, -0.2) is 0 Å². The van der Waals surface area contributed by atoms with Crippen molar-refractivity contribution in [3.63, 3.8) is 0 Å². The molecule has 0 aliphatic heterocycles. The van der Waals surface area contributed by atoms with Gasteiger partial charge in [-0.3, -0.25) is 9.69 Å². The van der Waals surface area contributed by atoms with E-state index in [1.165, 1.54) is 0 Å². The summed E-state index contributed by atoms with van der Waals surface area (Å²) in [4.78, 5) is 13.2. The zero-order valence-electron chi connectivity index (χ0n) is 11.2. The van der Waals surface area contributed by atoms with Crippen molar-refractivity contribution in [1.82, 2.24) is 4.90 Å². The molecule has 4 nitrogen and oxygen atoms in total. The van der Waals surface area contributed by atoms with E-state index >= 15 is 0 Å². The van der Waals surface area contributed by atoms with Crippen LogP contribution >= 0.6 is 0 Å². The van der Waals surface area contributed by atoms with Crippen molar-refractivity contribution in [1.29, 1.82) is 0 Å². The molecule has 1 atom stereocenters. The number of amides is 1. The van der Waals surface area contributed by atoms with E-state index in [0.29, 0.717) is 12.6 Å². The van der Waals surface area contributed by atoms with Gasteiger partial charge < -0.3 is 11.5 Å². The summed E-state index contributed by atoms with van der Waals surface area (Å²) in [6, 6.07) is 8.08. The first-order chi connectivity index (χ1) is 8.52. The normalized spacial score (nSPS) is 12.6. The fourth-order valence-corrected chi connectivity index (χ4v) is 2.09. The first-order valence-corrected chi connectivity index (χ1v) is 6.39.